The first-order chi connectivity index (χ1) is 6.99. The van der Waals surface area contributed by atoms with Gasteiger partial charge in [-0.3, -0.25) is 4.79 Å². The molecule has 0 amide bonds. The quantitative estimate of drug-likeness (QED) is 0.675. The summed E-state index contributed by atoms with van der Waals surface area (Å²) in [5.41, 5.74) is 0. The van der Waals surface area contributed by atoms with Gasteiger partial charge in [0.2, 0.25) is 10.0 Å². The van der Waals surface area contributed by atoms with Crippen LogP contribution in [-0.2, 0) is 14.8 Å². The van der Waals surface area contributed by atoms with E-state index in [2.05, 4.69) is 4.72 Å². The summed E-state index contributed by atoms with van der Waals surface area (Å²) in [6, 6.07) is 0. The lowest BCUT2D eigenvalue weighted by Gasteiger charge is -2.25. The molecule has 0 aromatic heterocycles. The number of sulfonamides is 1. The molecule has 1 aliphatic rings. The standard InChI is InChI=1S/C9H17NO4S/c11-9(12)5-2-6-15(13,14)10-7-8-3-1-4-8/h8,10H,1-7H2,(H,11,12). The predicted molar refractivity (Wildman–Crippen MR) is 56.0 cm³/mol. The molecule has 6 heteroatoms. The van der Waals surface area contributed by atoms with Crippen LogP contribution in [0.15, 0.2) is 0 Å². The Bertz CT molecular complexity index is 308. The molecule has 0 heterocycles. The Balaban J connectivity index is 2.16. The molecule has 0 saturated heterocycles. The third kappa shape index (κ3) is 5.13. The molecule has 1 fully saturated rings. The zero-order chi connectivity index (χ0) is 11.3. The fourth-order valence-electron chi connectivity index (χ4n) is 1.43. The summed E-state index contributed by atoms with van der Waals surface area (Å²) in [6.07, 6.45) is 3.46. The maximum absolute atomic E-state index is 11.4. The van der Waals surface area contributed by atoms with Crippen LogP contribution in [0.2, 0.25) is 0 Å². The number of carboxylic acid groups (broad SMARTS) is 1. The average molecular weight is 235 g/mol. The minimum Gasteiger partial charge on any atom is -0.481 e. The molecule has 1 aliphatic carbocycles. The van der Waals surface area contributed by atoms with Gasteiger partial charge in [0.25, 0.3) is 0 Å². The van der Waals surface area contributed by atoms with E-state index in [1.165, 1.54) is 6.42 Å². The minimum atomic E-state index is -3.26. The number of hydrogen-bond donors (Lipinski definition) is 2. The predicted octanol–water partition coefficient (Wildman–Crippen LogP) is 0.571. The summed E-state index contributed by atoms with van der Waals surface area (Å²) < 4.78 is 25.2. The Morgan fingerprint density at radius 3 is 2.53 bits per heavy atom. The topological polar surface area (TPSA) is 83.5 Å². The van der Waals surface area contributed by atoms with E-state index < -0.39 is 16.0 Å². The summed E-state index contributed by atoms with van der Waals surface area (Å²) in [5, 5.41) is 8.36. The lowest BCUT2D eigenvalue weighted by atomic mass is 9.86. The molecule has 5 nitrogen and oxygen atoms in total. The fraction of sp³-hybridized carbons (Fsp3) is 0.889. The van der Waals surface area contributed by atoms with Gasteiger partial charge in [0.1, 0.15) is 0 Å². The van der Waals surface area contributed by atoms with Crippen molar-refractivity contribution >= 4 is 16.0 Å². The van der Waals surface area contributed by atoms with Crippen molar-refractivity contribution in [2.24, 2.45) is 5.92 Å². The Kier molecular flexibility index (Phi) is 4.53. The largest absolute Gasteiger partial charge is 0.481 e. The van der Waals surface area contributed by atoms with Crippen molar-refractivity contribution in [2.75, 3.05) is 12.3 Å². The van der Waals surface area contributed by atoms with Gasteiger partial charge < -0.3 is 5.11 Å². The smallest absolute Gasteiger partial charge is 0.303 e. The number of aliphatic carboxylic acids is 1. The molecule has 0 atom stereocenters. The van der Waals surface area contributed by atoms with Crippen LogP contribution in [0.5, 0.6) is 0 Å². The van der Waals surface area contributed by atoms with E-state index >= 15 is 0 Å². The Labute approximate surface area is 89.9 Å². The van der Waals surface area contributed by atoms with Gasteiger partial charge >= 0.3 is 5.97 Å². The highest BCUT2D eigenvalue weighted by Crippen LogP contribution is 2.25. The first-order valence-electron chi connectivity index (χ1n) is 5.19. The normalized spacial score (nSPS) is 17.3. The van der Waals surface area contributed by atoms with Gasteiger partial charge in [-0.1, -0.05) is 6.42 Å². The molecule has 1 saturated carbocycles. The van der Waals surface area contributed by atoms with Gasteiger partial charge in [-0.2, -0.15) is 0 Å². The molecule has 0 bridgehead atoms. The van der Waals surface area contributed by atoms with Gasteiger partial charge in [-0.15, -0.1) is 0 Å². The summed E-state index contributed by atoms with van der Waals surface area (Å²) in [6.45, 7) is 0.509. The first-order valence-corrected chi connectivity index (χ1v) is 6.84. The van der Waals surface area contributed by atoms with E-state index in [1.807, 2.05) is 0 Å². The maximum atomic E-state index is 11.4. The van der Waals surface area contributed by atoms with E-state index in [9.17, 15) is 13.2 Å². The van der Waals surface area contributed by atoms with Crippen molar-refractivity contribution in [3.8, 4) is 0 Å². The second-order valence-corrected chi connectivity index (χ2v) is 5.89. The minimum absolute atomic E-state index is 0.0913. The number of hydrogen-bond acceptors (Lipinski definition) is 3. The van der Waals surface area contributed by atoms with Gasteiger partial charge in [-0.05, 0) is 25.2 Å². The summed E-state index contributed by atoms with van der Waals surface area (Å²) in [7, 11) is -3.26. The summed E-state index contributed by atoms with van der Waals surface area (Å²) >= 11 is 0. The number of nitrogens with one attached hydrogen (secondary N) is 1. The number of rotatable bonds is 7. The van der Waals surface area contributed by atoms with Gasteiger partial charge in [0.05, 0.1) is 5.75 Å². The molecule has 0 aromatic carbocycles. The van der Waals surface area contributed by atoms with Crippen LogP contribution in [0.25, 0.3) is 0 Å². The van der Waals surface area contributed by atoms with Crippen molar-refractivity contribution in [1.82, 2.24) is 4.72 Å². The molecular formula is C9H17NO4S. The summed E-state index contributed by atoms with van der Waals surface area (Å²) in [4.78, 5) is 10.2. The Morgan fingerprint density at radius 2 is 2.07 bits per heavy atom. The van der Waals surface area contributed by atoms with Crippen LogP contribution in [0.3, 0.4) is 0 Å². The molecular weight excluding hydrogens is 218 g/mol. The third-order valence-corrected chi connectivity index (χ3v) is 4.05. The van der Waals surface area contributed by atoms with E-state index in [0.717, 1.165) is 12.8 Å². The molecule has 0 radical (unpaired) electrons. The van der Waals surface area contributed by atoms with E-state index in [1.54, 1.807) is 0 Å². The average Bonchev–Trinajstić information content (AvgIpc) is 1.99. The van der Waals surface area contributed by atoms with Crippen molar-refractivity contribution in [3.05, 3.63) is 0 Å². The number of carbonyl (C=O) groups is 1. The first kappa shape index (κ1) is 12.4. The van der Waals surface area contributed by atoms with Crippen LogP contribution in [0.1, 0.15) is 32.1 Å². The lowest BCUT2D eigenvalue weighted by Crippen LogP contribution is -2.33. The third-order valence-electron chi connectivity index (χ3n) is 2.62. The Morgan fingerprint density at radius 1 is 1.40 bits per heavy atom. The second-order valence-electron chi connectivity index (χ2n) is 3.96. The zero-order valence-electron chi connectivity index (χ0n) is 8.61. The molecule has 2 N–H and O–H groups in total. The zero-order valence-corrected chi connectivity index (χ0v) is 9.42. The number of carboxylic acids is 1. The van der Waals surface area contributed by atoms with E-state index in [0.29, 0.717) is 12.5 Å². The van der Waals surface area contributed by atoms with E-state index in [4.69, 9.17) is 5.11 Å². The molecule has 0 aromatic rings. The van der Waals surface area contributed by atoms with Crippen LogP contribution in [-0.4, -0.2) is 31.8 Å². The molecule has 15 heavy (non-hydrogen) atoms. The lowest BCUT2D eigenvalue weighted by molar-refractivity contribution is -0.137. The van der Waals surface area contributed by atoms with Gasteiger partial charge in [-0.25, -0.2) is 13.1 Å². The SMILES string of the molecule is O=C(O)CCCS(=O)(=O)NCC1CCC1. The van der Waals surface area contributed by atoms with Gasteiger partial charge in [0.15, 0.2) is 0 Å². The van der Waals surface area contributed by atoms with Crippen LogP contribution in [0, 0.1) is 5.92 Å². The van der Waals surface area contributed by atoms with Crippen LogP contribution >= 0.6 is 0 Å². The van der Waals surface area contributed by atoms with E-state index in [-0.39, 0.29) is 18.6 Å². The maximum Gasteiger partial charge on any atom is 0.303 e. The fourth-order valence-corrected chi connectivity index (χ4v) is 2.59. The molecule has 1 rings (SSSR count). The van der Waals surface area contributed by atoms with Crippen LogP contribution < -0.4 is 4.72 Å². The highest BCUT2D eigenvalue weighted by atomic mass is 32.2. The highest BCUT2D eigenvalue weighted by Gasteiger charge is 2.19. The molecule has 0 aliphatic heterocycles. The second kappa shape index (κ2) is 5.46. The molecule has 88 valence electrons. The van der Waals surface area contributed by atoms with Crippen molar-refractivity contribution < 1.29 is 18.3 Å². The summed E-state index contributed by atoms with van der Waals surface area (Å²) in [5.74, 6) is -0.560. The molecule has 0 unspecified atom stereocenters. The van der Waals surface area contributed by atoms with Crippen molar-refractivity contribution in [2.45, 2.75) is 32.1 Å². The van der Waals surface area contributed by atoms with Crippen LogP contribution in [0.4, 0.5) is 0 Å². The van der Waals surface area contributed by atoms with Crippen molar-refractivity contribution in [1.29, 1.82) is 0 Å². The van der Waals surface area contributed by atoms with Gasteiger partial charge in [0, 0.05) is 13.0 Å². The highest BCUT2D eigenvalue weighted by molar-refractivity contribution is 7.89. The molecule has 0 spiro atoms. The Hall–Kier alpha value is -0.620. The monoisotopic (exact) mass is 235 g/mol. The van der Waals surface area contributed by atoms with Crippen molar-refractivity contribution in [3.63, 3.8) is 0 Å².